The average Bonchev–Trinajstić information content (AvgIpc) is 3.90. The monoisotopic (exact) mass is 950 g/mol. The van der Waals surface area contributed by atoms with E-state index in [1.54, 1.807) is 0 Å². The maximum Gasteiger partial charge on any atom is 0.187 e. The average molecular weight is 951 g/mol. The molecule has 354 valence electrons. The van der Waals surface area contributed by atoms with Crippen molar-refractivity contribution < 1.29 is 0 Å². The van der Waals surface area contributed by atoms with Crippen LogP contribution >= 0.6 is 0 Å². The van der Waals surface area contributed by atoms with E-state index in [-0.39, 0.29) is 0 Å². The highest BCUT2D eigenvalue weighted by Gasteiger charge is 2.25. The molecular weight excluding hydrogens is 897 g/mol. The molecule has 0 saturated heterocycles. The van der Waals surface area contributed by atoms with E-state index in [0.29, 0.717) is 11.3 Å². The predicted molar refractivity (Wildman–Crippen MR) is 311 cm³/mol. The fraction of sp³-hybridized carbons (Fsp3) is 0.114. The lowest BCUT2D eigenvalue weighted by atomic mass is 9.96. The number of aryl methyl sites for hydroxylation is 8. The van der Waals surface area contributed by atoms with Crippen LogP contribution in [0.2, 0.25) is 0 Å². The molecule has 0 spiro atoms. The zero-order valence-electron chi connectivity index (χ0n) is 43.1. The smallest absolute Gasteiger partial charge is 0.187 e. The second kappa shape index (κ2) is 17.8. The van der Waals surface area contributed by atoms with E-state index < -0.39 is 0 Å². The summed E-state index contributed by atoms with van der Waals surface area (Å²) < 4.78 is 4.79. The van der Waals surface area contributed by atoms with E-state index in [9.17, 15) is 5.26 Å². The SMILES string of the molecule is [C-]#[N+]c1cccc(-c2c(-n3c4cc(-c5ccc(C)cc5C)ccc4c4ccc(-c5ccc(C)cc5C)cc43)cc(C#N)cc2-n2c3cc(-c4ccc(C)cc4C)ccc3c3ccc(-c4ccc(C)cc4C)cc32)c1. The van der Waals surface area contributed by atoms with Gasteiger partial charge in [0.15, 0.2) is 5.69 Å². The number of benzene rings is 10. The Balaban J connectivity index is 1.26. The Morgan fingerprint density at radius 2 is 0.703 bits per heavy atom. The Hall–Kier alpha value is -9.22. The van der Waals surface area contributed by atoms with Crippen LogP contribution in [0.25, 0.3) is 115 Å². The van der Waals surface area contributed by atoms with E-state index in [2.05, 4.69) is 239 Å². The molecule has 0 N–H and O–H groups in total. The Morgan fingerprint density at radius 3 is 1.00 bits per heavy atom. The van der Waals surface area contributed by atoms with Crippen LogP contribution in [0.1, 0.15) is 50.1 Å². The quantitative estimate of drug-likeness (QED) is 0.147. The highest BCUT2D eigenvalue weighted by atomic mass is 15.0. The van der Waals surface area contributed by atoms with Crippen molar-refractivity contribution in [1.82, 2.24) is 9.13 Å². The van der Waals surface area contributed by atoms with Gasteiger partial charge in [0.1, 0.15) is 0 Å². The first-order chi connectivity index (χ1) is 35.8. The molecule has 2 aromatic heterocycles. The number of fused-ring (bicyclic) bond motifs is 6. The van der Waals surface area contributed by atoms with Crippen LogP contribution in [0, 0.1) is 73.3 Å². The van der Waals surface area contributed by atoms with Gasteiger partial charge in [-0.05, 0) is 170 Å². The van der Waals surface area contributed by atoms with Gasteiger partial charge in [0.2, 0.25) is 0 Å². The van der Waals surface area contributed by atoms with Crippen LogP contribution in [-0.2, 0) is 0 Å². The summed E-state index contributed by atoms with van der Waals surface area (Å²) in [4.78, 5) is 4.00. The number of nitrogens with zero attached hydrogens (tertiary/aromatic N) is 4. The van der Waals surface area contributed by atoms with Gasteiger partial charge in [-0.15, -0.1) is 0 Å². The molecule has 12 rings (SSSR count). The number of hydrogen-bond donors (Lipinski definition) is 0. The van der Waals surface area contributed by atoms with Crippen molar-refractivity contribution in [3.05, 3.63) is 243 Å². The third kappa shape index (κ3) is 7.67. The lowest BCUT2D eigenvalue weighted by Crippen LogP contribution is -2.05. The summed E-state index contributed by atoms with van der Waals surface area (Å²) in [6, 6.07) is 68.8. The molecule has 0 fully saturated rings. The van der Waals surface area contributed by atoms with Crippen molar-refractivity contribution in [2.45, 2.75) is 55.4 Å². The maximum atomic E-state index is 11.4. The molecule has 10 aromatic carbocycles. The number of aromatic nitrogens is 2. The second-order valence-corrected chi connectivity index (χ2v) is 20.5. The summed E-state index contributed by atoms with van der Waals surface area (Å²) >= 11 is 0. The molecule has 0 aliphatic carbocycles. The summed E-state index contributed by atoms with van der Waals surface area (Å²) in [5.74, 6) is 0. The minimum absolute atomic E-state index is 0.525. The minimum atomic E-state index is 0.525. The number of hydrogen-bond acceptors (Lipinski definition) is 1. The van der Waals surface area contributed by atoms with Crippen molar-refractivity contribution >= 4 is 49.3 Å². The fourth-order valence-electron chi connectivity index (χ4n) is 11.8. The van der Waals surface area contributed by atoms with E-state index in [1.165, 1.54) is 66.8 Å². The topological polar surface area (TPSA) is 38.0 Å². The van der Waals surface area contributed by atoms with Gasteiger partial charge in [-0.25, -0.2) is 4.85 Å². The van der Waals surface area contributed by atoms with E-state index in [4.69, 9.17) is 6.57 Å². The first-order valence-electron chi connectivity index (χ1n) is 25.4. The number of rotatable bonds is 7. The first-order valence-corrected chi connectivity index (χ1v) is 25.4. The Morgan fingerprint density at radius 1 is 0.365 bits per heavy atom. The molecule has 4 heteroatoms. The summed E-state index contributed by atoms with van der Waals surface area (Å²) in [6.45, 7) is 25.6. The second-order valence-electron chi connectivity index (χ2n) is 20.5. The molecule has 0 unspecified atom stereocenters. The van der Waals surface area contributed by atoms with Crippen LogP contribution in [0.15, 0.2) is 182 Å². The van der Waals surface area contributed by atoms with Crippen LogP contribution in [0.5, 0.6) is 0 Å². The van der Waals surface area contributed by atoms with E-state index >= 15 is 0 Å². The minimum Gasteiger partial charge on any atom is -0.308 e. The third-order valence-corrected chi connectivity index (χ3v) is 15.3. The van der Waals surface area contributed by atoms with Gasteiger partial charge < -0.3 is 9.13 Å². The molecule has 0 aliphatic rings. The van der Waals surface area contributed by atoms with Crippen molar-refractivity contribution in [2.75, 3.05) is 0 Å². The summed E-state index contributed by atoms with van der Waals surface area (Å²) in [7, 11) is 0. The van der Waals surface area contributed by atoms with Crippen molar-refractivity contribution in [3.8, 4) is 73.1 Å². The molecule has 74 heavy (non-hydrogen) atoms. The van der Waals surface area contributed by atoms with Crippen molar-refractivity contribution in [1.29, 1.82) is 5.26 Å². The highest BCUT2D eigenvalue weighted by Crippen LogP contribution is 2.46. The van der Waals surface area contributed by atoms with Gasteiger partial charge in [0.05, 0.1) is 51.6 Å². The highest BCUT2D eigenvalue weighted by molar-refractivity contribution is 6.14. The van der Waals surface area contributed by atoms with Gasteiger partial charge in [0.25, 0.3) is 0 Å². The zero-order valence-corrected chi connectivity index (χ0v) is 43.1. The van der Waals surface area contributed by atoms with Gasteiger partial charge >= 0.3 is 0 Å². The lowest BCUT2D eigenvalue weighted by molar-refractivity contribution is 1.13. The molecule has 0 atom stereocenters. The summed E-state index contributed by atoms with van der Waals surface area (Å²) in [5, 5.41) is 15.8. The Kier molecular flexibility index (Phi) is 11.0. The standard InChI is InChI=1S/C70H54N4/c1-41-13-21-56(45(5)29-41)50-17-25-60-61-26-18-51(57-22-14-42(2)30-46(57)6)37-65(61)73(64(60)36-50)68-33-49(40-71)34-69(70(68)54-11-10-12-55(35-54)72-9)74-66-38-52(58-23-15-43(3)31-47(58)7)19-27-62(66)63-28-20-53(39-67(63)74)59-24-16-44(4)32-48(59)8/h10-39H,1-8H3. The molecule has 0 saturated carbocycles. The normalized spacial score (nSPS) is 11.5. The van der Waals surface area contributed by atoms with Crippen LogP contribution < -0.4 is 0 Å². The van der Waals surface area contributed by atoms with E-state index in [0.717, 1.165) is 88.4 Å². The van der Waals surface area contributed by atoms with Gasteiger partial charge in [0, 0.05) is 27.1 Å². The molecule has 4 nitrogen and oxygen atoms in total. The number of nitriles is 1. The molecule has 0 radical (unpaired) electrons. The van der Waals surface area contributed by atoms with Crippen molar-refractivity contribution in [2.24, 2.45) is 0 Å². The van der Waals surface area contributed by atoms with Crippen LogP contribution in [0.3, 0.4) is 0 Å². The maximum absolute atomic E-state index is 11.4. The van der Waals surface area contributed by atoms with E-state index in [1.807, 2.05) is 18.2 Å². The molecule has 12 aromatic rings. The fourth-order valence-corrected chi connectivity index (χ4v) is 11.8. The third-order valence-electron chi connectivity index (χ3n) is 15.3. The summed E-state index contributed by atoms with van der Waals surface area (Å²) in [6.07, 6.45) is 0. The first kappa shape index (κ1) is 45.9. The van der Waals surface area contributed by atoms with Gasteiger partial charge in [-0.3, -0.25) is 0 Å². The van der Waals surface area contributed by atoms with Gasteiger partial charge in [-0.1, -0.05) is 162 Å². The Labute approximate surface area is 433 Å². The van der Waals surface area contributed by atoms with Crippen LogP contribution in [-0.4, -0.2) is 9.13 Å². The molecule has 2 heterocycles. The largest absolute Gasteiger partial charge is 0.308 e. The van der Waals surface area contributed by atoms with Crippen LogP contribution in [0.4, 0.5) is 5.69 Å². The zero-order chi connectivity index (χ0) is 51.1. The molecular formula is C70H54N4. The molecule has 0 bridgehead atoms. The van der Waals surface area contributed by atoms with Gasteiger partial charge in [-0.2, -0.15) is 5.26 Å². The molecule has 0 amide bonds. The van der Waals surface area contributed by atoms with Crippen molar-refractivity contribution in [3.63, 3.8) is 0 Å². The lowest BCUT2D eigenvalue weighted by Gasteiger charge is -2.22. The predicted octanol–water partition coefficient (Wildman–Crippen LogP) is 19.1. The Bertz CT molecular complexity index is 3960. The molecule has 0 aliphatic heterocycles. The summed E-state index contributed by atoms with van der Waals surface area (Å²) in [5.41, 5.74) is 27.5.